The van der Waals surface area contributed by atoms with Crippen LogP contribution in [0.5, 0.6) is 0 Å². The topological polar surface area (TPSA) is 77.2 Å². The Morgan fingerprint density at radius 2 is 1.84 bits per heavy atom. The Morgan fingerprint density at radius 3 is 2.29 bits per heavy atom. The molecule has 0 aromatic carbocycles. The fourth-order valence-electron chi connectivity index (χ4n) is 4.07. The summed E-state index contributed by atoms with van der Waals surface area (Å²) >= 11 is 0. The van der Waals surface area contributed by atoms with Crippen molar-refractivity contribution in [3.8, 4) is 5.82 Å². The quantitative estimate of drug-likeness (QED) is 0.644. The van der Waals surface area contributed by atoms with Crippen LogP contribution in [0.1, 0.15) is 57.1 Å². The van der Waals surface area contributed by atoms with Crippen molar-refractivity contribution < 1.29 is 18.7 Å². The summed E-state index contributed by atoms with van der Waals surface area (Å²) in [7, 11) is -2.15. The SMILES string of the molecule is Cc1ccc(C)n1-c1cnc(C2(C(=O)O)CCC(O[Si](C)(C)C(C)(C)C)C(F)C2)cn1. The number of alkyl halides is 1. The minimum absolute atomic E-state index is 0.0376. The largest absolute Gasteiger partial charge is 0.481 e. The molecule has 3 unspecified atom stereocenters. The molecule has 0 bridgehead atoms. The zero-order chi connectivity index (χ0) is 23.2. The number of carboxylic acids is 1. The number of aliphatic carboxylic acids is 1. The van der Waals surface area contributed by atoms with Gasteiger partial charge in [0.2, 0.25) is 0 Å². The second-order valence-corrected chi connectivity index (χ2v) is 15.0. The maximum Gasteiger partial charge on any atom is 0.315 e. The molecular formula is C23H34FN3O3Si. The van der Waals surface area contributed by atoms with Crippen molar-refractivity contribution in [3.63, 3.8) is 0 Å². The molecule has 1 N–H and O–H groups in total. The molecule has 3 rings (SSSR count). The summed E-state index contributed by atoms with van der Waals surface area (Å²) in [4.78, 5) is 21.2. The first-order valence-electron chi connectivity index (χ1n) is 10.8. The van der Waals surface area contributed by atoms with E-state index in [2.05, 4.69) is 43.8 Å². The molecule has 0 aliphatic heterocycles. The van der Waals surface area contributed by atoms with E-state index in [1.807, 2.05) is 30.5 Å². The van der Waals surface area contributed by atoms with E-state index in [0.29, 0.717) is 17.9 Å². The molecule has 0 amide bonds. The van der Waals surface area contributed by atoms with E-state index in [9.17, 15) is 9.90 Å². The third-order valence-corrected chi connectivity index (χ3v) is 11.6. The predicted octanol–water partition coefficient (Wildman–Crippen LogP) is 5.12. The molecule has 0 spiro atoms. The van der Waals surface area contributed by atoms with E-state index < -0.39 is 32.0 Å². The normalized spacial score (nSPS) is 24.9. The summed E-state index contributed by atoms with van der Waals surface area (Å²) in [6.07, 6.45) is 1.59. The summed E-state index contributed by atoms with van der Waals surface area (Å²) in [6, 6.07) is 3.97. The van der Waals surface area contributed by atoms with E-state index in [0.717, 1.165) is 11.4 Å². The lowest BCUT2D eigenvalue weighted by atomic mass is 9.70. The molecule has 31 heavy (non-hydrogen) atoms. The molecule has 2 aromatic heterocycles. The molecule has 2 aromatic rings. The highest BCUT2D eigenvalue weighted by molar-refractivity contribution is 6.74. The average Bonchev–Trinajstić information content (AvgIpc) is 3.00. The Balaban J connectivity index is 1.85. The second kappa shape index (κ2) is 8.13. The third kappa shape index (κ3) is 4.32. The van der Waals surface area contributed by atoms with Crippen molar-refractivity contribution in [2.75, 3.05) is 0 Å². The highest BCUT2D eigenvalue weighted by Gasteiger charge is 2.51. The van der Waals surface area contributed by atoms with Crippen molar-refractivity contribution in [2.45, 2.75) is 89.7 Å². The van der Waals surface area contributed by atoms with Crippen LogP contribution >= 0.6 is 0 Å². The van der Waals surface area contributed by atoms with Gasteiger partial charge >= 0.3 is 5.97 Å². The standard InChI is InChI=1S/C23H34FN3O3Si/c1-15-8-9-16(2)27(15)20-14-25-19(13-26-20)23(21(28)29)11-10-18(17(24)12-23)30-31(6,7)22(3,4)5/h8-9,13-14,17-18H,10-12H2,1-7H3,(H,28,29). The number of aryl methyl sites for hydroxylation is 2. The first-order valence-corrected chi connectivity index (χ1v) is 13.7. The van der Waals surface area contributed by atoms with Gasteiger partial charge in [-0.3, -0.25) is 9.78 Å². The van der Waals surface area contributed by atoms with E-state index >= 15 is 4.39 Å². The van der Waals surface area contributed by atoms with Crippen LogP contribution in [-0.2, 0) is 14.6 Å². The van der Waals surface area contributed by atoms with Crippen LogP contribution in [0.2, 0.25) is 18.1 Å². The number of rotatable bonds is 5. The molecular weight excluding hydrogens is 413 g/mol. The highest BCUT2D eigenvalue weighted by Crippen LogP contribution is 2.44. The van der Waals surface area contributed by atoms with Crippen LogP contribution in [0.15, 0.2) is 24.5 Å². The van der Waals surface area contributed by atoms with E-state index in [-0.39, 0.29) is 17.9 Å². The number of carbonyl (C=O) groups is 1. The van der Waals surface area contributed by atoms with Crippen LogP contribution < -0.4 is 0 Å². The smallest absolute Gasteiger partial charge is 0.315 e. The van der Waals surface area contributed by atoms with Gasteiger partial charge in [-0.15, -0.1) is 0 Å². The number of hydrogen-bond donors (Lipinski definition) is 1. The lowest BCUT2D eigenvalue weighted by Gasteiger charge is -2.44. The second-order valence-electron chi connectivity index (χ2n) is 10.3. The molecule has 1 fully saturated rings. The molecule has 3 atom stereocenters. The van der Waals surface area contributed by atoms with Gasteiger partial charge in [0.05, 0.1) is 24.2 Å². The lowest BCUT2D eigenvalue weighted by Crippen LogP contribution is -2.52. The Morgan fingerprint density at radius 1 is 1.23 bits per heavy atom. The highest BCUT2D eigenvalue weighted by atomic mass is 28.4. The van der Waals surface area contributed by atoms with Crippen molar-refractivity contribution >= 4 is 14.3 Å². The summed E-state index contributed by atoms with van der Waals surface area (Å²) in [5.74, 6) is -0.438. The molecule has 1 aliphatic carbocycles. The van der Waals surface area contributed by atoms with Gasteiger partial charge in [0.1, 0.15) is 11.6 Å². The Kier molecular flexibility index (Phi) is 6.19. The van der Waals surface area contributed by atoms with Gasteiger partial charge in [0, 0.05) is 17.8 Å². The minimum Gasteiger partial charge on any atom is -0.481 e. The first-order chi connectivity index (χ1) is 14.3. The minimum atomic E-state index is -2.15. The molecule has 2 heterocycles. The molecule has 6 nitrogen and oxygen atoms in total. The van der Waals surface area contributed by atoms with Crippen molar-refractivity contribution in [2.24, 2.45) is 0 Å². The molecule has 0 saturated heterocycles. The van der Waals surface area contributed by atoms with E-state index in [1.54, 1.807) is 6.20 Å². The number of hydrogen-bond acceptors (Lipinski definition) is 4. The molecule has 170 valence electrons. The first kappa shape index (κ1) is 23.6. The maximum absolute atomic E-state index is 15.3. The van der Waals surface area contributed by atoms with Crippen molar-refractivity contribution in [1.82, 2.24) is 14.5 Å². The van der Waals surface area contributed by atoms with Crippen molar-refractivity contribution in [3.05, 3.63) is 41.6 Å². The molecule has 0 radical (unpaired) electrons. The van der Waals surface area contributed by atoms with Crippen LogP contribution in [0.4, 0.5) is 4.39 Å². The van der Waals surface area contributed by atoms with Gasteiger partial charge in [-0.1, -0.05) is 20.8 Å². The van der Waals surface area contributed by atoms with Gasteiger partial charge in [-0.2, -0.15) is 0 Å². The predicted molar refractivity (Wildman–Crippen MR) is 121 cm³/mol. The van der Waals surface area contributed by atoms with Gasteiger partial charge in [-0.25, -0.2) is 9.37 Å². The summed E-state index contributed by atoms with van der Waals surface area (Å²) in [5, 5.41) is 10.0. The van der Waals surface area contributed by atoms with Crippen LogP contribution in [0.25, 0.3) is 5.82 Å². The summed E-state index contributed by atoms with van der Waals surface area (Å²) in [6.45, 7) is 14.5. The molecule has 8 heteroatoms. The number of nitrogens with zero attached hydrogens (tertiary/aromatic N) is 3. The summed E-state index contributed by atoms with van der Waals surface area (Å²) < 4.78 is 23.5. The zero-order valence-electron chi connectivity index (χ0n) is 19.6. The monoisotopic (exact) mass is 447 g/mol. The van der Waals surface area contributed by atoms with Gasteiger partial charge < -0.3 is 14.1 Å². The maximum atomic E-state index is 15.3. The molecule has 1 aliphatic rings. The van der Waals surface area contributed by atoms with Crippen LogP contribution in [-0.4, -0.2) is 46.2 Å². The van der Waals surface area contributed by atoms with Crippen LogP contribution in [0, 0.1) is 13.8 Å². The fourth-order valence-corrected chi connectivity index (χ4v) is 5.45. The van der Waals surface area contributed by atoms with E-state index in [1.165, 1.54) is 6.20 Å². The third-order valence-electron chi connectivity index (χ3n) is 7.09. The fraction of sp³-hybridized carbons (Fsp3) is 0.609. The Hall–Kier alpha value is -2.06. The van der Waals surface area contributed by atoms with Gasteiger partial charge in [-0.05, 0) is 57.0 Å². The van der Waals surface area contributed by atoms with Gasteiger partial charge in [0.15, 0.2) is 14.1 Å². The van der Waals surface area contributed by atoms with Crippen LogP contribution in [0.3, 0.4) is 0 Å². The number of aromatic nitrogens is 3. The average molecular weight is 448 g/mol. The lowest BCUT2D eigenvalue weighted by molar-refractivity contribution is -0.148. The van der Waals surface area contributed by atoms with Crippen molar-refractivity contribution in [1.29, 1.82) is 0 Å². The van der Waals surface area contributed by atoms with Gasteiger partial charge in [0.25, 0.3) is 0 Å². The summed E-state index contributed by atoms with van der Waals surface area (Å²) in [5.41, 5.74) is 0.942. The molecule has 1 saturated carbocycles. The zero-order valence-corrected chi connectivity index (χ0v) is 20.6. The van der Waals surface area contributed by atoms with E-state index in [4.69, 9.17) is 4.43 Å². The number of carboxylic acid groups (broad SMARTS) is 1. The Labute approximate surface area is 185 Å². The Bertz CT molecular complexity index is 932. The number of halogens is 1.